The molecule has 0 unspecified atom stereocenters. The lowest BCUT2D eigenvalue weighted by molar-refractivity contribution is -0.116. The fourth-order valence-corrected chi connectivity index (χ4v) is 2.42. The number of carbonyl (C=O) groups is 1. The largest absolute Gasteiger partial charge is 0.399 e. The van der Waals surface area contributed by atoms with E-state index in [4.69, 9.17) is 11.5 Å². The average Bonchev–Trinajstić information content (AvgIpc) is 2.41. The summed E-state index contributed by atoms with van der Waals surface area (Å²) in [4.78, 5) is 21.2. The highest BCUT2D eigenvalue weighted by molar-refractivity contribution is 14.1. The van der Waals surface area contributed by atoms with Gasteiger partial charge in [-0.25, -0.2) is 9.97 Å². The van der Waals surface area contributed by atoms with E-state index in [1.807, 2.05) is 29.2 Å². The van der Waals surface area contributed by atoms with Crippen LogP contribution < -0.4 is 16.4 Å². The lowest BCUT2D eigenvalue weighted by Gasteiger charge is -2.23. The molecule has 0 bridgehead atoms. The predicted octanol–water partition coefficient (Wildman–Crippen LogP) is 1.16. The molecule has 1 aromatic carbocycles. The van der Waals surface area contributed by atoms with E-state index >= 15 is 0 Å². The summed E-state index contributed by atoms with van der Waals surface area (Å²) in [7, 11) is 0. The number of carbonyl (C=O) groups excluding carboxylic acids is 1. The summed E-state index contributed by atoms with van der Waals surface area (Å²) in [6.07, 6.45) is 3.15. The van der Waals surface area contributed by atoms with Gasteiger partial charge in [-0.1, -0.05) is 12.1 Å². The second-order valence-corrected chi connectivity index (χ2v) is 5.42. The van der Waals surface area contributed by atoms with Crippen LogP contribution in [0.3, 0.4) is 0 Å². The Balaban J connectivity index is 2.26. The second-order valence-electron chi connectivity index (χ2n) is 4.26. The maximum atomic E-state index is 11.3. The van der Waals surface area contributed by atoms with Crippen LogP contribution in [0.2, 0.25) is 0 Å². The number of hydrogen-bond donors (Lipinski definition) is 2. The predicted molar refractivity (Wildman–Crippen MR) is 85.8 cm³/mol. The molecule has 1 heterocycles. The molecule has 0 aliphatic carbocycles. The first kappa shape index (κ1) is 14.5. The molecule has 2 aromatic rings. The first-order valence-electron chi connectivity index (χ1n) is 5.89. The molecule has 0 atom stereocenters. The number of rotatable bonds is 5. The van der Waals surface area contributed by atoms with Gasteiger partial charge in [0.05, 0.1) is 10.1 Å². The van der Waals surface area contributed by atoms with Crippen molar-refractivity contribution < 1.29 is 4.79 Å². The van der Waals surface area contributed by atoms with Gasteiger partial charge in [-0.15, -0.1) is 0 Å². The highest BCUT2D eigenvalue weighted by atomic mass is 127. The average molecular weight is 383 g/mol. The Hall–Kier alpha value is -1.90. The van der Waals surface area contributed by atoms with Crippen molar-refractivity contribution in [2.75, 3.05) is 17.2 Å². The molecular weight excluding hydrogens is 369 g/mol. The molecule has 20 heavy (non-hydrogen) atoms. The molecule has 104 valence electrons. The third-order valence-corrected chi connectivity index (χ3v) is 3.41. The van der Waals surface area contributed by atoms with Crippen LogP contribution in [-0.4, -0.2) is 22.4 Å². The maximum absolute atomic E-state index is 11.3. The highest BCUT2D eigenvalue weighted by Gasteiger charge is 2.14. The zero-order valence-corrected chi connectivity index (χ0v) is 12.8. The molecule has 0 saturated carbocycles. The molecule has 7 heteroatoms. The van der Waals surface area contributed by atoms with Crippen molar-refractivity contribution in [1.29, 1.82) is 0 Å². The highest BCUT2D eigenvalue weighted by Crippen LogP contribution is 2.20. The number of anilines is 2. The number of nitrogens with zero attached hydrogens (tertiary/aromatic N) is 3. The van der Waals surface area contributed by atoms with Gasteiger partial charge < -0.3 is 16.4 Å². The molecule has 0 spiro atoms. The van der Waals surface area contributed by atoms with Crippen molar-refractivity contribution >= 4 is 40.0 Å². The maximum Gasteiger partial charge on any atom is 0.237 e. The van der Waals surface area contributed by atoms with Crippen molar-refractivity contribution in [3.05, 3.63) is 45.9 Å². The Morgan fingerprint density at radius 3 is 2.60 bits per heavy atom. The monoisotopic (exact) mass is 383 g/mol. The van der Waals surface area contributed by atoms with Crippen LogP contribution >= 0.6 is 22.6 Å². The zero-order valence-electron chi connectivity index (χ0n) is 10.7. The van der Waals surface area contributed by atoms with E-state index in [-0.39, 0.29) is 6.54 Å². The standard InChI is InChI=1S/C13H14IN5O/c14-11-5-17-8-18-13(11)19(7-12(16)20)6-9-1-3-10(15)4-2-9/h1-5,8H,6-7,15H2,(H2,16,20). The lowest BCUT2D eigenvalue weighted by atomic mass is 10.2. The summed E-state index contributed by atoms with van der Waals surface area (Å²) >= 11 is 2.13. The van der Waals surface area contributed by atoms with Gasteiger partial charge in [0.1, 0.15) is 12.1 Å². The van der Waals surface area contributed by atoms with Crippen molar-refractivity contribution in [3.63, 3.8) is 0 Å². The molecule has 6 nitrogen and oxygen atoms in total. The summed E-state index contributed by atoms with van der Waals surface area (Å²) in [5.41, 5.74) is 12.7. The Morgan fingerprint density at radius 1 is 1.30 bits per heavy atom. The molecule has 0 aliphatic heterocycles. The quantitative estimate of drug-likeness (QED) is 0.597. The minimum atomic E-state index is -0.408. The fourth-order valence-electron chi connectivity index (χ4n) is 1.78. The molecule has 1 amide bonds. The topological polar surface area (TPSA) is 98.1 Å². The van der Waals surface area contributed by atoms with E-state index in [1.165, 1.54) is 6.33 Å². The normalized spacial score (nSPS) is 10.2. The van der Waals surface area contributed by atoms with Gasteiger partial charge in [-0.3, -0.25) is 4.79 Å². The van der Waals surface area contributed by atoms with Crippen LogP contribution in [0.5, 0.6) is 0 Å². The number of benzene rings is 1. The fraction of sp³-hybridized carbons (Fsp3) is 0.154. The van der Waals surface area contributed by atoms with E-state index in [0.717, 1.165) is 9.13 Å². The van der Waals surface area contributed by atoms with Gasteiger partial charge in [0, 0.05) is 18.4 Å². The lowest BCUT2D eigenvalue weighted by Crippen LogP contribution is -2.34. The molecule has 2 rings (SSSR count). The van der Waals surface area contributed by atoms with Crippen molar-refractivity contribution in [2.45, 2.75) is 6.54 Å². The number of primary amides is 1. The van der Waals surface area contributed by atoms with Crippen LogP contribution in [0.4, 0.5) is 11.5 Å². The summed E-state index contributed by atoms with van der Waals surface area (Å²) < 4.78 is 0.863. The summed E-state index contributed by atoms with van der Waals surface area (Å²) in [6, 6.07) is 7.47. The number of nitrogens with two attached hydrogens (primary N) is 2. The van der Waals surface area contributed by atoms with Crippen molar-refractivity contribution in [1.82, 2.24) is 9.97 Å². The molecule has 1 aromatic heterocycles. The zero-order chi connectivity index (χ0) is 14.5. The second kappa shape index (κ2) is 6.51. The van der Waals surface area contributed by atoms with Crippen LogP contribution in [0.15, 0.2) is 36.8 Å². The smallest absolute Gasteiger partial charge is 0.237 e. The van der Waals surface area contributed by atoms with Gasteiger partial charge in [0.15, 0.2) is 0 Å². The Kier molecular flexibility index (Phi) is 4.72. The SMILES string of the molecule is NC(=O)CN(Cc1ccc(N)cc1)c1ncncc1I. The molecular formula is C13H14IN5O. The molecule has 0 saturated heterocycles. The van der Waals surface area contributed by atoms with E-state index < -0.39 is 5.91 Å². The Bertz CT molecular complexity index is 602. The van der Waals surface area contributed by atoms with E-state index in [0.29, 0.717) is 18.1 Å². The van der Waals surface area contributed by atoms with Crippen LogP contribution in [0, 0.1) is 3.57 Å². The van der Waals surface area contributed by atoms with Gasteiger partial charge in [0.2, 0.25) is 5.91 Å². The van der Waals surface area contributed by atoms with Crippen LogP contribution in [-0.2, 0) is 11.3 Å². The summed E-state index contributed by atoms with van der Waals surface area (Å²) in [5.74, 6) is 0.283. The number of hydrogen-bond acceptors (Lipinski definition) is 5. The minimum absolute atomic E-state index is 0.0946. The van der Waals surface area contributed by atoms with Gasteiger partial charge >= 0.3 is 0 Å². The number of halogens is 1. The Morgan fingerprint density at radius 2 is 2.00 bits per heavy atom. The number of nitrogen functional groups attached to an aromatic ring is 1. The molecule has 4 N–H and O–H groups in total. The van der Waals surface area contributed by atoms with E-state index in [1.54, 1.807) is 6.20 Å². The van der Waals surface area contributed by atoms with Gasteiger partial charge in [-0.2, -0.15) is 0 Å². The molecule has 0 aliphatic rings. The first-order valence-corrected chi connectivity index (χ1v) is 6.97. The number of aromatic nitrogens is 2. The number of amides is 1. The summed E-state index contributed by atoms with van der Waals surface area (Å²) in [5, 5.41) is 0. The third-order valence-electron chi connectivity index (χ3n) is 2.65. The van der Waals surface area contributed by atoms with Crippen molar-refractivity contribution in [3.8, 4) is 0 Å². The van der Waals surface area contributed by atoms with Crippen molar-refractivity contribution in [2.24, 2.45) is 5.73 Å². The molecule has 0 radical (unpaired) electrons. The van der Waals surface area contributed by atoms with Crippen LogP contribution in [0.25, 0.3) is 0 Å². The summed E-state index contributed by atoms with van der Waals surface area (Å²) in [6.45, 7) is 0.619. The van der Waals surface area contributed by atoms with Crippen LogP contribution in [0.1, 0.15) is 5.56 Å². The van der Waals surface area contributed by atoms with Gasteiger partial charge in [0.25, 0.3) is 0 Å². The van der Waals surface area contributed by atoms with E-state index in [9.17, 15) is 4.79 Å². The molecule has 0 fully saturated rings. The first-order chi connectivity index (χ1) is 9.56. The van der Waals surface area contributed by atoms with E-state index in [2.05, 4.69) is 32.6 Å². The van der Waals surface area contributed by atoms with Gasteiger partial charge in [-0.05, 0) is 40.3 Å². The third kappa shape index (κ3) is 3.80. The minimum Gasteiger partial charge on any atom is -0.399 e. The Labute approximate surface area is 130 Å².